The first kappa shape index (κ1) is 20.5. The molecule has 0 heterocycles. The zero-order valence-electron chi connectivity index (χ0n) is 16.6. The van der Waals surface area contributed by atoms with Gasteiger partial charge in [-0.1, -0.05) is 19.1 Å². The van der Waals surface area contributed by atoms with E-state index in [1.807, 2.05) is 45.9 Å². The van der Waals surface area contributed by atoms with Crippen molar-refractivity contribution >= 4 is 17.6 Å². The molecule has 0 aliphatic heterocycles. The number of aryl methyl sites for hydroxylation is 3. The molecule has 0 aromatic heterocycles. The lowest BCUT2D eigenvalue weighted by Crippen LogP contribution is -2.32. The van der Waals surface area contributed by atoms with Gasteiger partial charge >= 0.3 is 5.97 Å². The number of nitrogens with one attached hydrogen (secondary N) is 1. The van der Waals surface area contributed by atoms with Crippen molar-refractivity contribution in [1.82, 2.24) is 0 Å². The van der Waals surface area contributed by atoms with Gasteiger partial charge in [0.2, 0.25) is 0 Å². The fourth-order valence-electron chi connectivity index (χ4n) is 2.59. The molecule has 5 heteroatoms. The third-order valence-electron chi connectivity index (χ3n) is 4.43. The van der Waals surface area contributed by atoms with Gasteiger partial charge in [0.1, 0.15) is 5.75 Å². The Morgan fingerprint density at radius 3 is 2.30 bits per heavy atom. The maximum absolute atomic E-state index is 12.7. The van der Waals surface area contributed by atoms with E-state index in [1.54, 1.807) is 25.1 Å². The molecule has 0 fully saturated rings. The van der Waals surface area contributed by atoms with E-state index < -0.39 is 12.1 Å². The molecule has 1 amide bonds. The molecular weight excluding hydrogens is 342 g/mol. The van der Waals surface area contributed by atoms with E-state index >= 15 is 0 Å². The maximum Gasteiger partial charge on any atom is 0.338 e. The number of benzene rings is 2. The number of carbonyl (C=O) groups is 2. The summed E-state index contributed by atoms with van der Waals surface area (Å²) in [6, 6.07) is 10.9. The van der Waals surface area contributed by atoms with Gasteiger partial charge in [-0.05, 0) is 75.1 Å². The Morgan fingerprint density at radius 1 is 0.963 bits per heavy atom. The summed E-state index contributed by atoms with van der Waals surface area (Å²) in [6.07, 6.45) is -0.104. The predicted octanol–water partition coefficient (Wildman–Crippen LogP) is 4.58. The van der Waals surface area contributed by atoms with E-state index in [9.17, 15) is 9.59 Å². The number of anilines is 1. The minimum atomic E-state index is -0.627. The third-order valence-corrected chi connectivity index (χ3v) is 4.43. The lowest BCUT2D eigenvalue weighted by Gasteiger charge is -2.19. The minimum Gasteiger partial charge on any atom is -0.481 e. The molecule has 0 saturated carbocycles. The SMILES string of the molecule is CCOC(=O)c1ccc(C)c(NC(=O)C(CC)Oc2ccc(C)c(C)c2)c1. The first-order valence-corrected chi connectivity index (χ1v) is 9.18. The van der Waals surface area contributed by atoms with E-state index in [-0.39, 0.29) is 5.91 Å². The van der Waals surface area contributed by atoms with Crippen LogP contribution in [-0.2, 0) is 9.53 Å². The smallest absolute Gasteiger partial charge is 0.338 e. The first-order chi connectivity index (χ1) is 12.8. The highest BCUT2D eigenvalue weighted by atomic mass is 16.5. The Morgan fingerprint density at radius 2 is 1.67 bits per heavy atom. The number of hydrogen-bond acceptors (Lipinski definition) is 4. The zero-order chi connectivity index (χ0) is 20.0. The summed E-state index contributed by atoms with van der Waals surface area (Å²) in [4.78, 5) is 24.6. The summed E-state index contributed by atoms with van der Waals surface area (Å²) in [7, 11) is 0. The van der Waals surface area contributed by atoms with Crippen LogP contribution in [0.5, 0.6) is 5.75 Å². The van der Waals surface area contributed by atoms with Crippen LogP contribution in [-0.4, -0.2) is 24.6 Å². The minimum absolute atomic E-state index is 0.250. The molecule has 2 rings (SSSR count). The Hall–Kier alpha value is -2.82. The lowest BCUT2D eigenvalue weighted by molar-refractivity contribution is -0.122. The van der Waals surface area contributed by atoms with E-state index in [0.717, 1.165) is 11.1 Å². The molecule has 2 aromatic carbocycles. The lowest BCUT2D eigenvalue weighted by atomic mass is 10.1. The molecule has 0 radical (unpaired) electrons. The van der Waals surface area contributed by atoms with Crippen LogP contribution in [0.15, 0.2) is 36.4 Å². The van der Waals surface area contributed by atoms with Gasteiger partial charge in [-0.2, -0.15) is 0 Å². The second-order valence-electron chi connectivity index (χ2n) is 6.50. The van der Waals surface area contributed by atoms with Crippen molar-refractivity contribution in [2.75, 3.05) is 11.9 Å². The number of hydrogen-bond donors (Lipinski definition) is 1. The molecule has 1 unspecified atom stereocenters. The summed E-state index contributed by atoms with van der Waals surface area (Å²) >= 11 is 0. The molecule has 27 heavy (non-hydrogen) atoms. The average molecular weight is 369 g/mol. The normalized spacial score (nSPS) is 11.6. The maximum atomic E-state index is 12.7. The predicted molar refractivity (Wildman–Crippen MR) is 106 cm³/mol. The molecule has 0 saturated heterocycles. The molecule has 0 aliphatic carbocycles. The highest BCUT2D eigenvalue weighted by molar-refractivity contribution is 5.97. The van der Waals surface area contributed by atoms with Crippen molar-refractivity contribution in [2.24, 2.45) is 0 Å². The van der Waals surface area contributed by atoms with Crippen LogP contribution >= 0.6 is 0 Å². The second kappa shape index (κ2) is 9.21. The molecule has 1 N–H and O–H groups in total. The van der Waals surface area contributed by atoms with Crippen LogP contribution in [0.25, 0.3) is 0 Å². The number of ether oxygens (including phenoxy) is 2. The van der Waals surface area contributed by atoms with Gasteiger partial charge in [0.15, 0.2) is 6.10 Å². The van der Waals surface area contributed by atoms with Crippen molar-refractivity contribution in [3.63, 3.8) is 0 Å². The molecule has 2 aromatic rings. The van der Waals surface area contributed by atoms with Crippen molar-refractivity contribution in [3.8, 4) is 5.75 Å². The Labute approximate surface area is 160 Å². The number of esters is 1. The molecule has 1 atom stereocenters. The van der Waals surface area contributed by atoms with Crippen LogP contribution in [0.3, 0.4) is 0 Å². The summed E-state index contributed by atoms with van der Waals surface area (Å²) in [5.41, 5.74) is 4.12. The van der Waals surface area contributed by atoms with Gasteiger partial charge < -0.3 is 14.8 Å². The van der Waals surface area contributed by atoms with Gasteiger partial charge in [-0.25, -0.2) is 4.79 Å². The van der Waals surface area contributed by atoms with Gasteiger partial charge in [-0.3, -0.25) is 4.79 Å². The number of carbonyl (C=O) groups excluding carboxylic acids is 2. The molecule has 5 nitrogen and oxygen atoms in total. The van der Waals surface area contributed by atoms with Crippen LogP contribution in [0, 0.1) is 20.8 Å². The summed E-state index contributed by atoms with van der Waals surface area (Å²) in [5.74, 6) is 0.00311. The topological polar surface area (TPSA) is 64.6 Å². The Bertz CT molecular complexity index is 829. The summed E-state index contributed by atoms with van der Waals surface area (Å²) in [5, 5.41) is 2.87. The first-order valence-electron chi connectivity index (χ1n) is 9.18. The van der Waals surface area contributed by atoms with E-state index in [1.165, 1.54) is 5.56 Å². The van der Waals surface area contributed by atoms with E-state index in [0.29, 0.717) is 30.0 Å². The van der Waals surface area contributed by atoms with Gasteiger partial charge in [0.05, 0.1) is 12.2 Å². The Kier molecular flexibility index (Phi) is 6.99. The van der Waals surface area contributed by atoms with E-state index in [2.05, 4.69) is 5.32 Å². The molecular formula is C22H27NO4. The molecule has 144 valence electrons. The zero-order valence-corrected chi connectivity index (χ0v) is 16.6. The second-order valence-corrected chi connectivity index (χ2v) is 6.50. The van der Waals surface area contributed by atoms with Crippen molar-refractivity contribution in [2.45, 2.75) is 47.1 Å². The standard InChI is InChI=1S/C22H27NO4/c1-6-20(27-18-11-9-14(3)16(5)12-18)21(24)23-19-13-17(10-8-15(19)4)22(25)26-7-2/h8-13,20H,6-7H2,1-5H3,(H,23,24). The van der Waals surface area contributed by atoms with Crippen LogP contribution in [0.1, 0.15) is 47.3 Å². The van der Waals surface area contributed by atoms with Gasteiger partial charge in [0.25, 0.3) is 5.91 Å². The van der Waals surface area contributed by atoms with Crippen LogP contribution < -0.4 is 10.1 Å². The third kappa shape index (κ3) is 5.33. The fourth-order valence-corrected chi connectivity index (χ4v) is 2.59. The average Bonchev–Trinajstić information content (AvgIpc) is 2.64. The Balaban J connectivity index is 2.15. The highest BCUT2D eigenvalue weighted by Crippen LogP contribution is 2.21. The highest BCUT2D eigenvalue weighted by Gasteiger charge is 2.20. The van der Waals surface area contributed by atoms with Gasteiger partial charge in [0, 0.05) is 5.69 Å². The van der Waals surface area contributed by atoms with Crippen molar-refractivity contribution < 1.29 is 19.1 Å². The summed E-state index contributed by atoms with van der Waals surface area (Å²) < 4.78 is 10.9. The monoisotopic (exact) mass is 369 g/mol. The fraction of sp³-hybridized carbons (Fsp3) is 0.364. The van der Waals surface area contributed by atoms with Crippen LogP contribution in [0.4, 0.5) is 5.69 Å². The van der Waals surface area contributed by atoms with Crippen LogP contribution in [0.2, 0.25) is 0 Å². The van der Waals surface area contributed by atoms with Crippen molar-refractivity contribution in [1.29, 1.82) is 0 Å². The number of amides is 1. The van der Waals surface area contributed by atoms with Crippen molar-refractivity contribution in [3.05, 3.63) is 58.7 Å². The quantitative estimate of drug-likeness (QED) is 0.725. The largest absolute Gasteiger partial charge is 0.481 e. The molecule has 0 bridgehead atoms. The molecule has 0 aliphatic rings. The molecule has 0 spiro atoms. The summed E-state index contributed by atoms with van der Waals surface area (Å²) in [6.45, 7) is 9.86. The van der Waals surface area contributed by atoms with E-state index in [4.69, 9.17) is 9.47 Å². The van der Waals surface area contributed by atoms with Gasteiger partial charge in [-0.15, -0.1) is 0 Å². The number of rotatable bonds is 7.